The maximum Gasteiger partial charge on any atom is 0.279 e. The van der Waals surface area contributed by atoms with Gasteiger partial charge in [-0.25, -0.2) is 0 Å². The first-order valence-electron chi connectivity index (χ1n) is 5.06. The summed E-state index contributed by atoms with van der Waals surface area (Å²) >= 11 is 0. The maximum absolute atomic E-state index is 11.7. The molecule has 0 amide bonds. The van der Waals surface area contributed by atoms with Gasteiger partial charge in [0.25, 0.3) is 10.2 Å². The van der Waals surface area contributed by atoms with Crippen LogP contribution in [0.3, 0.4) is 0 Å². The number of nitrogens with zero attached hydrogens (tertiary/aromatic N) is 2. The summed E-state index contributed by atoms with van der Waals surface area (Å²) in [7, 11) is -1.87. The van der Waals surface area contributed by atoms with Crippen LogP contribution in [0, 0.1) is 0 Å². The van der Waals surface area contributed by atoms with E-state index in [1.54, 1.807) is 25.4 Å². The molecule has 0 aromatic carbocycles. The van der Waals surface area contributed by atoms with Crippen LogP contribution in [0.1, 0.15) is 19.5 Å². The topological polar surface area (TPSA) is 62.3 Å². The molecule has 0 spiro atoms. The largest absolute Gasteiger partial charge is 0.279 e. The van der Waals surface area contributed by atoms with Crippen molar-refractivity contribution in [3.63, 3.8) is 0 Å². The fourth-order valence-electron chi connectivity index (χ4n) is 1.05. The van der Waals surface area contributed by atoms with Crippen LogP contribution in [0.4, 0.5) is 0 Å². The van der Waals surface area contributed by atoms with Crippen molar-refractivity contribution in [2.24, 2.45) is 0 Å². The highest BCUT2D eigenvalue weighted by Gasteiger charge is 2.19. The van der Waals surface area contributed by atoms with E-state index >= 15 is 0 Å². The highest BCUT2D eigenvalue weighted by atomic mass is 32.2. The second kappa shape index (κ2) is 5.38. The van der Waals surface area contributed by atoms with E-state index in [0.29, 0.717) is 5.69 Å². The van der Waals surface area contributed by atoms with Crippen molar-refractivity contribution in [3.05, 3.63) is 30.1 Å². The standard InChI is InChI=1S/C10H17N3O2S/c1-9(2)13(3)16(14,15)12-8-10-6-4-5-7-11-10/h4-7,9,12H,8H2,1-3H3. The molecule has 90 valence electrons. The van der Waals surface area contributed by atoms with Crippen LogP contribution in [0.5, 0.6) is 0 Å². The van der Waals surface area contributed by atoms with Gasteiger partial charge >= 0.3 is 0 Å². The molecule has 0 radical (unpaired) electrons. The SMILES string of the molecule is CC(C)N(C)S(=O)(=O)NCc1ccccn1. The lowest BCUT2D eigenvalue weighted by molar-refractivity contribution is 0.402. The molecule has 0 saturated carbocycles. The number of nitrogens with one attached hydrogen (secondary N) is 1. The van der Waals surface area contributed by atoms with Crippen LogP contribution in [0.25, 0.3) is 0 Å². The van der Waals surface area contributed by atoms with Crippen molar-refractivity contribution in [1.29, 1.82) is 0 Å². The fraction of sp³-hybridized carbons (Fsp3) is 0.500. The quantitative estimate of drug-likeness (QED) is 0.830. The molecule has 0 atom stereocenters. The number of hydrogen-bond donors (Lipinski definition) is 1. The van der Waals surface area contributed by atoms with E-state index in [0.717, 1.165) is 0 Å². The summed E-state index contributed by atoms with van der Waals surface area (Å²) in [6.07, 6.45) is 1.63. The first kappa shape index (κ1) is 13.1. The van der Waals surface area contributed by atoms with E-state index in [9.17, 15) is 8.42 Å². The lowest BCUT2D eigenvalue weighted by atomic mass is 10.4. The highest BCUT2D eigenvalue weighted by molar-refractivity contribution is 7.87. The lowest BCUT2D eigenvalue weighted by Crippen LogP contribution is -2.41. The Kier molecular flexibility index (Phi) is 4.40. The molecule has 1 aromatic rings. The zero-order valence-electron chi connectivity index (χ0n) is 9.71. The van der Waals surface area contributed by atoms with Crippen LogP contribution in [0.15, 0.2) is 24.4 Å². The van der Waals surface area contributed by atoms with E-state index in [-0.39, 0.29) is 12.6 Å². The number of aromatic nitrogens is 1. The summed E-state index contributed by atoms with van der Waals surface area (Å²) in [5.74, 6) is 0. The molecular formula is C10H17N3O2S. The van der Waals surface area contributed by atoms with Crippen LogP contribution in [-0.4, -0.2) is 30.8 Å². The Morgan fingerprint density at radius 2 is 2.12 bits per heavy atom. The van der Waals surface area contributed by atoms with Gasteiger partial charge in [-0.1, -0.05) is 6.07 Å². The second-order valence-electron chi connectivity index (χ2n) is 3.76. The summed E-state index contributed by atoms with van der Waals surface area (Å²) in [5, 5.41) is 0. The molecule has 0 aliphatic rings. The van der Waals surface area contributed by atoms with Crippen molar-refractivity contribution in [2.45, 2.75) is 26.4 Å². The van der Waals surface area contributed by atoms with Gasteiger partial charge in [0.1, 0.15) is 0 Å². The third-order valence-corrected chi connectivity index (χ3v) is 3.96. The van der Waals surface area contributed by atoms with Gasteiger partial charge in [-0.15, -0.1) is 0 Å². The van der Waals surface area contributed by atoms with Crippen molar-refractivity contribution in [2.75, 3.05) is 7.05 Å². The van der Waals surface area contributed by atoms with Gasteiger partial charge in [0.2, 0.25) is 0 Å². The molecule has 5 nitrogen and oxygen atoms in total. The smallest absolute Gasteiger partial charge is 0.260 e. The van der Waals surface area contributed by atoms with Gasteiger partial charge in [0, 0.05) is 19.3 Å². The third-order valence-electron chi connectivity index (χ3n) is 2.27. The molecule has 1 rings (SSSR count). The van der Waals surface area contributed by atoms with Crippen molar-refractivity contribution in [3.8, 4) is 0 Å². The highest BCUT2D eigenvalue weighted by Crippen LogP contribution is 2.02. The molecule has 0 aliphatic heterocycles. The minimum Gasteiger partial charge on any atom is -0.260 e. The van der Waals surface area contributed by atoms with E-state index in [1.807, 2.05) is 19.9 Å². The van der Waals surface area contributed by atoms with E-state index in [4.69, 9.17) is 0 Å². The zero-order valence-corrected chi connectivity index (χ0v) is 10.5. The molecule has 1 N–H and O–H groups in total. The van der Waals surface area contributed by atoms with Gasteiger partial charge in [-0.05, 0) is 26.0 Å². The molecule has 1 aromatic heterocycles. The van der Waals surface area contributed by atoms with Gasteiger partial charge < -0.3 is 0 Å². The average molecular weight is 243 g/mol. The lowest BCUT2D eigenvalue weighted by Gasteiger charge is -2.20. The Morgan fingerprint density at radius 3 is 2.62 bits per heavy atom. The first-order valence-corrected chi connectivity index (χ1v) is 6.50. The number of pyridine rings is 1. The zero-order chi connectivity index (χ0) is 12.2. The third kappa shape index (κ3) is 3.55. The molecule has 0 saturated heterocycles. The number of rotatable bonds is 5. The average Bonchev–Trinajstić information content (AvgIpc) is 2.27. The Bertz CT molecular complexity index is 417. The summed E-state index contributed by atoms with van der Waals surface area (Å²) in [6, 6.07) is 5.32. The molecular weight excluding hydrogens is 226 g/mol. The normalized spacial score (nSPS) is 12.3. The summed E-state index contributed by atoms with van der Waals surface area (Å²) < 4.78 is 27.2. The summed E-state index contributed by atoms with van der Waals surface area (Å²) in [5.41, 5.74) is 0.697. The predicted molar refractivity (Wildman–Crippen MR) is 62.9 cm³/mol. The van der Waals surface area contributed by atoms with E-state index in [2.05, 4.69) is 9.71 Å². The van der Waals surface area contributed by atoms with E-state index < -0.39 is 10.2 Å². The molecule has 16 heavy (non-hydrogen) atoms. The predicted octanol–water partition coefficient (Wildman–Crippen LogP) is 0.756. The number of hydrogen-bond acceptors (Lipinski definition) is 3. The first-order chi connectivity index (χ1) is 7.43. The van der Waals surface area contributed by atoms with Crippen LogP contribution in [0.2, 0.25) is 0 Å². The molecule has 0 fully saturated rings. The molecule has 0 aliphatic carbocycles. The Labute approximate surface area is 96.7 Å². The van der Waals surface area contributed by atoms with Gasteiger partial charge in [0.05, 0.1) is 12.2 Å². The fourth-order valence-corrected chi connectivity index (χ4v) is 2.14. The summed E-state index contributed by atoms with van der Waals surface area (Å²) in [4.78, 5) is 4.04. The monoisotopic (exact) mass is 243 g/mol. The van der Waals surface area contributed by atoms with Crippen LogP contribution >= 0.6 is 0 Å². The molecule has 1 heterocycles. The van der Waals surface area contributed by atoms with Crippen LogP contribution < -0.4 is 4.72 Å². The molecule has 0 bridgehead atoms. The maximum atomic E-state index is 11.7. The Morgan fingerprint density at radius 1 is 1.44 bits per heavy atom. The minimum absolute atomic E-state index is 0.0683. The van der Waals surface area contributed by atoms with Crippen LogP contribution in [-0.2, 0) is 16.8 Å². The summed E-state index contributed by atoms with van der Waals surface area (Å²) in [6.45, 7) is 3.85. The van der Waals surface area contributed by atoms with Crippen molar-refractivity contribution < 1.29 is 8.42 Å². The second-order valence-corrected chi connectivity index (χ2v) is 5.57. The van der Waals surface area contributed by atoms with E-state index in [1.165, 1.54) is 4.31 Å². The Balaban J connectivity index is 2.62. The minimum atomic E-state index is -3.41. The van der Waals surface area contributed by atoms with Crippen molar-refractivity contribution >= 4 is 10.2 Å². The Hall–Kier alpha value is -0.980. The van der Waals surface area contributed by atoms with Gasteiger partial charge in [-0.2, -0.15) is 17.4 Å². The molecule has 6 heteroatoms. The van der Waals surface area contributed by atoms with Gasteiger partial charge in [-0.3, -0.25) is 4.98 Å². The van der Waals surface area contributed by atoms with Gasteiger partial charge in [0.15, 0.2) is 0 Å². The molecule has 0 unspecified atom stereocenters. The van der Waals surface area contributed by atoms with Crippen molar-refractivity contribution in [1.82, 2.24) is 14.0 Å².